The number of rotatable bonds is 84. The molecule has 104 heavy (non-hydrogen) atoms. The summed E-state index contributed by atoms with van der Waals surface area (Å²) in [6.45, 7) is 9.64. The summed E-state index contributed by atoms with van der Waals surface area (Å²) in [5.41, 5.74) is 0. The molecular formula is C85H166O17P2. The molecule has 5 atom stereocenters. The Morgan fingerprint density at radius 1 is 0.260 bits per heavy atom. The lowest BCUT2D eigenvalue weighted by molar-refractivity contribution is -0.161. The standard InChI is InChI=1S/C85H166O17P2/c1-7-9-11-13-15-17-19-21-23-25-26-27-28-30-32-34-38-44-51-57-63-69-84(89)101-80(73-95-82(87)67-61-55-49-43-37-33-31-29-24-22-20-18-16-14-12-10-8-2)75-99-103(91,92)97-71-79(86)72-98-104(93,94)100-76-81(74-96-83(88)68-62-56-50-46-40-42-48-54-60-66-78(5)6)102-85(90)70-64-58-52-45-39-35-36-41-47-53-59-65-77(3)4/h77-81,86H,7-76H2,1-6H3,(H,91,92)(H,93,94)/t79-,80-,81-/m1/s1. The van der Waals surface area contributed by atoms with Crippen LogP contribution in [0, 0.1) is 11.8 Å². The zero-order chi connectivity index (χ0) is 76.4. The number of esters is 4. The Kier molecular flexibility index (Phi) is 75.0. The molecule has 618 valence electrons. The molecule has 17 nitrogen and oxygen atoms in total. The fourth-order valence-corrected chi connectivity index (χ4v) is 14.8. The molecule has 0 saturated carbocycles. The first kappa shape index (κ1) is 102. The zero-order valence-corrected chi connectivity index (χ0v) is 70.1. The van der Waals surface area contributed by atoms with Crippen molar-refractivity contribution >= 4 is 39.5 Å². The van der Waals surface area contributed by atoms with Gasteiger partial charge in [0.1, 0.15) is 19.3 Å². The molecule has 0 spiro atoms. The highest BCUT2D eigenvalue weighted by molar-refractivity contribution is 7.47. The molecule has 19 heteroatoms. The van der Waals surface area contributed by atoms with Gasteiger partial charge in [0.2, 0.25) is 0 Å². The second kappa shape index (κ2) is 76.4. The molecule has 0 heterocycles. The molecule has 0 radical (unpaired) electrons. The van der Waals surface area contributed by atoms with E-state index in [-0.39, 0.29) is 25.7 Å². The smallest absolute Gasteiger partial charge is 0.462 e. The summed E-state index contributed by atoms with van der Waals surface area (Å²) in [7, 11) is -9.93. The van der Waals surface area contributed by atoms with Crippen LogP contribution in [0.1, 0.15) is 452 Å². The van der Waals surface area contributed by atoms with Crippen LogP contribution in [0.3, 0.4) is 0 Å². The minimum Gasteiger partial charge on any atom is -0.462 e. The van der Waals surface area contributed by atoms with E-state index in [0.717, 1.165) is 102 Å². The number of aliphatic hydroxyl groups is 1. The monoisotopic (exact) mass is 1520 g/mol. The predicted octanol–water partition coefficient (Wildman–Crippen LogP) is 25.8. The maximum atomic E-state index is 13.1. The van der Waals surface area contributed by atoms with E-state index in [2.05, 4.69) is 41.5 Å². The van der Waals surface area contributed by atoms with Crippen LogP contribution in [-0.2, 0) is 65.4 Å². The molecule has 0 amide bonds. The van der Waals surface area contributed by atoms with E-state index < -0.39 is 97.5 Å². The van der Waals surface area contributed by atoms with Gasteiger partial charge in [0, 0.05) is 25.7 Å². The lowest BCUT2D eigenvalue weighted by Crippen LogP contribution is -2.30. The van der Waals surface area contributed by atoms with Crippen LogP contribution in [-0.4, -0.2) is 96.7 Å². The van der Waals surface area contributed by atoms with Crippen molar-refractivity contribution in [3.05, 3.63) is 0 Å². The Balaban J connectivity index is 5.24. The highest BCUT2D eigenvalue weighted by Gasteiger charge is 2.30. The number of carbonyl (C=O) groups excluding carboxylic acids is 4. The second-order valence-electron chi connectivity index (χ2n) is 31.5. The number of phosphoric ester groups is 2. The average Bonchev–Trinajstić information content (AvgIpc) is 0.910. The van der Waals surface area contributed by atoms with Gasteiger partial charge in [-0.1, -0.05) is 401 Å². The van der Waals surface area contributed by atoms with Crippen molar-refractivity contribution in [2.75, 3.05) is 39.6 Å². The van der Waals surface area contributed by atoms with Gasteiger partial charge in [0.15, 0.2) is 12.2 Å². The first-order valence-electron chi connectivity index (χ1n) is 44.0. The van der Waals surface area contributed by atoms with Crippen LogP contribution in [0.15, 0.2) is 0 Å². The van der Waals surface area contributed by atoms with Crippen molar-refractivity contribution in [3.63, 3.8) is 0 Å². The van der Waals surface area contributed by atoms with E-state index in [1.807, 2.05) is 0 Å². The molecule has 2 unspecified atom stereocenters. The maximum absolute atomic E-state index is 13.1. The first-order valence-corrected chi connectivity index (χ1v) is 47.0. The number of aliphatic hydroxyl groups excluding tert-OH is 1. The van der Waals surface area contributed by atoms with E-state index >= 15 is 0 Å². The maximum Gasteiger partial charge on any atom is 0.472 e. The molecule has 0 bridgehead atoms. The van der Waals surface area contributed by atoms with Crippen LogP contribution in [0.4, 0.5) is 0 Å². The van der Waals surface area contributed by atoms with E-state index in [9.17, 15) is 43.2 Å². The van der Waals surface area contributed by atoms with Crippen molar-refractivity contribution < 1.29 is 80.2 Å². The van der Waals surface area contributed by atoms with Gasteiger partial charge < -0.3 is 33.8 Å². The highest BCUT2D eigenvalue weighted by Crippen LogP contribution is 2.45. The first-order chi connectivity index (χ1) is 50.4. The molecule has 0 aromatic carbocycles. The number of hydrogen-bond donors (Lipinski definition) is 3. The van der Waals surface area contributed by atoms with Gasteiger partial charge in [-0.15, -0.1) is 0 Å². The molecule has 0 aliphatic rings. The number of hydrogen-bond acceptors (Lipinski definition) is 15. The van der Waals surface area contributed by atoms with Crippen LogP contribution in [0.25, 0.3) is 0 Å². The topological polar surface area (TPSA) is 237 Å². The highest BCUT2D eigenvalue weighted by atomic mass is 31.2. The lowest BCUT2D eigenvalue weighted by Gasteiger charge is -2.21. The predicted molar refractivity (Wildman–Crippen MR) is 428 cm³/mol. The summed E-state index contributed by atoms with van der Waals surface area (Å²) in [6.07, 6.45) is 68.1. The summed E-state index contributed by atoms with van der Waals surface area (Å²) >= 11 is 0. The van der Waals surface area contributed by atoms with E-state index in [1.165, 1.54) is 270 Å². The Hall–Kier alpha value is -1.94. The van der Waals surface area contributed by atoms with Crippen LogP contribution in [0.5, 0.6) is 0 Å². The van der Waals surface area contributed by atoms with Crippen molar-refractivity contribution in [2.45, 2.75) is 471 Å². The molecule has 0 aliphatic carbocycles. The van der Waals surface area contributed by atoms with Gasteiger partial charge in [0.05, 0.1) is 26.4 Å². The normalized spacial score (nSPS) is 13.8. The van der Waals surface area contributed by atoms with Gasteiger partial charge in [0.25, 0.3) is 0 Å². The number of carbonyl (C=O) groups is 4. The number of phosphoric acid groups is 2. The lowest BCUT2D eigenvalue weighted by atomic mass is 10.0. The van der Waals surface area contributed by atoms with E-state index in [1.54, 1.807) is 0 Å². The van der Waals surface area contributed by atoms with Crippen molar-refractivity contribution in [1.29, 1.82) is 0 Å². The summed E-state index contributed by atoms with van der Waals surface area (Å²) in [4.78, 5) is 73.2. The Morgan fingerprint density at radius 2 is 0.442 bits per heavy atom. The fraction of sp³-hybridized carbons (Fsp3) is 0.953. The summed E-state index contributed by atoms with van der Waals surface area (Å²) in [6, 6.07) is 0. The van der Waals surface area contributed by atoms with Crippen molar-refractivity contribution in [1.82, 2.24) is 0 Å². The average molecular weight is 1520 g/mol. The van der Waals surface area contributed by atoms with Gasteiger partial charge in [-0.2, -0.15) is 0 Å². The molecule has 0 rings (SSSR count). The van der Waals surface area contributed by atoms with Crippen molar-refractivity contribution in [3.8, 4) is 0 Å². The third-order valence-corrected chi connectivity index (χ3v) is 21.9. The zero-order valence-electron chi connectivity index (χ0n) is 68.3. The van der Waals surface area contributed by atoms with Gasteiger partial charge in [-0.25, -0.2) is 9.13 Å². The summed E-state index contributed by atoms with van der Waals surface area (Å²) in [5, 5.41) is 10.7. The fourth-order valence-electron chi connectivity index (χ4n) is 13.2. The van der Waals surface area contributed by atoms with Crippen LogP contribution < -0.4 is 0 Å². The van der Waals surface area contributed by atoms with Crippen LogP contribution in [0.2, 0.25) is 0 Å². The summed E-state index contributed by atoms with van der Waals surface area (Å²) < 4.78 is 68.9. The summed E-state index contributed by atoms with van der Waals surface area (Å²) in [5.74, 6) is -0.595. The second-order valence-corrected chi connectivity index (χ2v) is 34.4. The third kappa shape index (κ3) is 78.2. The largest absolute Gasteiger partial charge is 0.472 e. The van der Waals surface area contributed by atoms with Gasteiger partial charge in [-0.3, -0.25) is 37.3 Å². The molecule has 0 fully saturated rings. The molecule has 0 aliphatic heterocycles. The SMILES string of the molecule is CCCCCCCCCCCCCCCCCCCCCCCC(=O)O[C@H](COC(=O)CCCCCCCCCCCCCCCCCCC)COP(=O)(O)OC[C@@H](O)COP(=O)(O)OC[C@@H](COC(=O)CCCCCCCCCCCC(C)C)OC(=O)CCCCCCCCCCCCCC(C)C. The van der Waals surface area contributed by atoms with Gasteiger partial charge >= 0.3 is 39.5 Å². The minimum absolute atomic E-state index is 0.106. The third-order valence-electron chi connectivity index (χ3n) is 20.0. The molecule has 0 aromatic heterocycles. The van der Waals surface area contributed by atoms with E-state index in [0.29, 0.717) is 25.7 Å². The number of unbranched alkanes of at least 4 members (excludes halogenated alkanes) is 54. The molecule has 0 saturated heterocycles. The van der Waals surface area contributed by atoms with Crippen LogP contribution >= 0.6 is 15.6 Å². The number of ether oxygens (including phenoxy) is 4. The minimum atomic E-state index is -4.97. The van der Waals surface area contributed by atoms with Crippen molar-refractivity contribution in [2.24, 2.45) is 11.8 Å². The Bertz CT molecular complexity index is 1990. The van der Waals surface area contributed by atoms with E-state index in [4.69, 9.17) is 37.0 Å². The Morgan fingerprint density at radius 3 is 0.654 bits per heavy atom. The quantitative estimate of drug-likeness (QED) is 0.0222. The molecule has 0 aromatic rings. The Labute approximate surface area is 638 Å². The molecular weight excluding hydrogens is 1350 g/mol. The van der Waals surface area contributed by atoms with Gasteiger partial charge in [-0.05, 0) is 37.5 Å². The molecule has 3 N–H and O–H groups in total.